The second-order valence-corrected chi connectivity index (χ2v) is 4.57. The van der Waals surface area contributed by atoms with E-state index in [-0.39, 0.29) is 17.8 Å². The molecule has 1 aliphatic rings. The van der Waals surface area contributed by atoms with Gasteiger partial charge in [-0.2, -0.15) is 0 Å². The Kier molecular flexibility index (Phi) is 5.45. The monoisotopic (exact) mass is 241 g/mol. The highest BCUT2D eigenvalue weighted by atomic mass is 16.5. The molecule has 0 spiro atoms. The molecular formula is C13H23NO3. The van der Waals surface area contributed by atoms with Crippen LogP contribution in [0.3, 0.4) is 0 Å². The molecule has 1 heterocycles. The minimum Gasteiger partial charge on any atom is -0.466 e. The van der Waals surface area contributed by atoms with Crippen LogP contribution in [0.4, 0.5) is 0 Å². The van der Waals surface area contributed by atoms with E-state index >= 15 is 0 Å². The Bertz CT molecular complexity index is 276. The van der Waals surface area contributed by atoms with Gasteiger partial charge in [0.25, 0.3) is 0 Å². The first-order valence-electron chi connectivity index (χ1n) is 6.55. The lowest BCUT2D eigenvalue weighted by atomic mass is 9.81. The Morgan fingerprint density at radius 2 is 2.06 bits per heavy atom. The summed E-state index contributed by atoms with van der Waals surface area (Å²) in [7, 11) is 0. The van der Waals surface area contributed by atoms with Crippen molar-refractivity contribution >= 4 is 11.9 Å². The molecule has 4 heteroatoms. The second-order valence-electron chi connectivity index (χ2n) is 4.57. The first-order chi connectivity index (χ1) is 8.12. The minimum absolute atomic E-state index is 0.161. The van der Waals surface area contributed by atoms with Crippen LogP contribution in [0, 0.1) is 11.8 Å². The number of esters is 1. The van der Waals surface area contributed by atoms with Crippen LogP contribution >= 0.6 is 0 Å². The van der Waals surface area contributed by atoms with Crippen molar-refractivity contribution < 1.29 is 14.3 Å². The van der Waals surface area contributed by atoms with Crippen LogP contribution in [0.5, 0.6) is 0 Å². The van der Waals surface area contributed by atoms with Gasteiger partial charge >= 0.3 is 5.97 Å². The Labute approximate surface area is 103 Å². The quantitative estimate of drug-likeness (QED) is 0.690. The summed E-state index contributed by atoms with van der Waals surface area (Å²) in [4.78, 5) is 25.2. The second kappa shape index (κ2) is 6.62. The van der Waals surface area contributed by atoms with Crippen molar-refractivity contribution in [1.82, 2.24) is 4.90 Å². The zero-order valence-electron chi connectivity index (χ0n) is 11.1. The van der Waals surface area contributed by atoms with Gasteiger partial charge in [-0.1, -0.05) is 13.3 Å². The number of likely N-dealkylation sites (tertiary alicyclic amines) is 1. The third-order valence-electron chi connectivity index (χ3n) is 3.55. The Morgan fingerprint density at radius 3 is 2.59 bits per heavy atom. The number of carbonyl (C=O) groups excluding carboxylic acids is 2. The molecule has 98 valence electrons. The van der Waals surface area contributed by atoms with Crippen LogP contribution in [-0.2, 0) is 14.3 Å². The highest BCUT2D eigenvalue weighted by Crippen LogP contribution is 2.29. The summed E-state index contributed by atoms with van der Waals surface area (Å²) < 4.78 is 4.96. The normalized spacial score (nSPS) is 24.9. The molecule has 0 aromatic heterocycles. The Balaban J connectivity index is 2.58. The number of hydrogen-bond acceptors (Lipinski definition) is 3. The molecule has 1 saturated heterocycles. The summed E-state index contributed by atoms with van der Waals surface area (Å²) in [6.45, 7) is 7.89. The average Bonchev–Trinajstić information content (AvgIpc) is 2.29. The third kappa shape index (κ3) is 3.72. The van der Waals surface area contributed by atoms with Gasteiger partial charge in [-0.25, -0.2) is 0 Å². The van der Waals surface area contributed by atoms with Gasteiger partial charge in [-0.15, -0.1) is 0 Å². The van der Waals surface area contributed by atoms with E-state index in [0.29, 0.717) is 25.4 Å². The van der Waals surface area contributed by atoms with Gasteiger partial charge in [0.05, 0.1) is 6.61 Å². The summed E-state index contributed by atoms with van der Waals surface area (Å²) in [5, 5.41) is 0. The summed E-state index contributed by atoms with van der Waals surface area (Å²) in [6.07, 6.45) is 1.88. The molecule has 0 saturated carbocycles. The topological polar surface area (TPSA) is 46.6 Å². The van der Waals surface area contributed by atoms with E-state index in [0.717, 1.165) is 19.5 Å². The first-order valence-corrected chi connectivity index (χ1v) is 6.55. The average molecular weight is 241 g/mol. The van der Waals surface area contributed by atoms with Gasteiger partial charge in [0, 0.05) is 25.9 Å². The third-order valence-corrected chi connectivity index (χ3v) is 3.55. The number of amides is 1. The van der Waals surface area contributed by atoms with Crippen molar-refractivity contribution in [3.8, 4) is 0 Å². The lowest BCUT2D eigenvalue weighted by Gasteiger charge is -2.37. The zero-order valence-corrected chi connectivity index (χ0v) is 11.1. The maximum atomic E-state index is 11.8. The van der Waals surface area contributed by atoms with Crippen LogP contribution in [0.25, 0.3) is 0 Å². The SMILES string of the molecule is CCOC(=O)C[C@@H]1CC(=O)N(CC)C[C@@H]1CC. The highest BCUT2D eigenvalue weighted by Gasteiger charge is 2.33. The van der Waals surface area contributed by atoms with Crippen molar-refractivity contribution in [2.24, 2.45) is 11.8 Å². The van der Waals surface area contributed by atoms with Gasteiger partial charge in [0.15, 0.2) is 0 Å². The smallest absolute Gasteiger partial charge is 0.306 e. The molecule has 0 bridgehead atoms. The number of rotatable bonds is 5. The number of piperidine rings is 1. The van der Waals surface area contributed by atoms with E-state index in [4.69, 9.17) is 4.74 Å². The Hall–Kier alpha value is -1.06. The van der Waals surface area contributed by atoms with Gasteiger partial charge in [-0.3, -0.25) is 9.59 Å². The van der Waals surface area contributed by atoms with E-state index in [1.54, 1.807) is 6.92 Å². The molecule has 0 aliphatic carbocycles. The van der Waals surface area contributed by atoms with Gasteiger partial charge in [-0.05, 0) is 25.7 Å². The molecule has 0 unspecified atom stereocenters. The molecule has 0 aromatic carbocycles. The lowest BCUT2D eigenvalue weighted by molar-refractivity contribution is -0.147. The zero-order chi connectivity index (χ0) is 12.8. The number of hydrogen-bond donors (Lipinski definition) is 0. The number of carbonyl (C=O) groups is 2. The fourth-order valence-electron chi connectivity index (χ4n) is 2.49. The van der Waals surface area contributed by atoms with Crippen LogP contribution in [0.2, 0.25) is 0 Å². The molecule has 0 N–H and O–H groups in total. The molecule has 0 aromatic rings. The highest BCUT2D eigenvalue weighted by molar-refractivity contribution is 5.78. The van der Waals surface area contributed by atoms with E-state index in [9.17, 15) is 9.59 Å². The molecule has 1 amide bonds. The van der Waals surface area contributed by atoms with Gasteiger partial charge in [0.1, 0.15) is 0 Å². The maximum absolute atomic E-state index is 11.8. The van der Waals surface area contributed by atoms with Crippen LogP contribution < -0.4 is 0 Å². The molecule has 17 heavy (non-hydrogen) atoms. The molecular weight excluding hydrogens is 218 g/mol. The first kappa shape index (κ1) is 14.0. The number of nitrogens with zero attached hydrogens (tertiary/aromatic N) is 1. The molecule has 4 nitrogen and oxygen atoms in total. The van der Waals surface area contributed by atoms with Crippen molar-refractivity contribution in [2.75, 3.05) is 19.7 Å². The Morgan fingerprint density at radius 1 is 1.35 bits per heavy atom. The van der Waals surface area contributed by atoms with Gasteiger partial charge < -0.3 is 9.64 Å². The van der Waals surface area contributed by atoms with Crippen molar-refractivity contribution in [2.45, 2.75) is 40.0 Å². The van der Waals surface area contributed by atoms with Crippen molar-refractivity contribution in [3.05, 3.63) is 0 Å². The van der Waals surface area contributed by atoms with Gasteiger partial charge in [0.2, 0.25) is 5.91 Å². The summed E-state index contributed by atoms with van der Waals surface area (Å²) >= 11 is 0. The standard InChI is InChI=1S/C13H23NO3/c1-4-10-9-14(5-2)12(15)7-11(10)8-13(16)17-6-3/h10-11H,4-9H2,1-3H3/t10-,11-/m0/s1. The van der Waals surface area contributed by atoms with E-state index < -0.39 is 0 Å². The van der Waals surface area contributed by atoms with Crippen molar-refractivity contribution in [3.63, 3.8) is 0 Å². The van der Waals surface area contributed by atoms with E-state index in [1.807, 2.05) is 11.8 Å². The predicted octanol–water partition coefficient (Wildman–Crippen LogP) is 1.83. The predicted molar refractivity (Wildman–Crippen MR) is 65.4 cm³/mol. The lowest BCUT2D eigenvalue weighted by Crippen LogP contribution is -2.44. The number of ether oxygens (including phenoxy) is 1. The van der Waals surface area contributed by atoms with Crippen LogP contribution in [0.15, 0.2) is 0 Å². The largest absolute Gasteiger partial charge is 0.466 e. The van der Waals surface area contributed by atoms with Crippen LogP contribution in [-0.4, -0.2) is 36.5 Å². The molecule has 2 atom stereocenters. The van der Waals surface area contributed by atoms with E-state index in [1.165, 1.54) is 0 Å². The maximum Gasteiger partial charge on any atom is 0.306 e. The summed E-state index contributed by atoms with van der Waals surface area (Å²) in [5.74, 6) is 0.589. The fourth-order valence-corrected chi connectivity index (χ4v) is 2.49. The fraction of sp³-hybridized carbons (Fsp3) is 0.846. The summed E-state index contributed by atoms with van der Waals surface area (Å²) in [5.41, 5.74) is 0. The van der Waals surface area contributed by atoms with Crippen LogP contribution in [0.1, 0.15) is 40.0 Å². The van der Waals surface area contributed by atoms with Crippen molar-refractivity contribution in [1.29, 1.82) is 0 Å². The molecule has 1 fully saturated rings. The molecule has 1 rings (SSSR count). The van der Waals surface area contributed by atoms with E-state index in [2.05, 4.69) is 6.92 Å². The molecule has 0 radical (unpaired) electrons. The molecule has 1 aliphatic heterocycles. The minimum atomic E-state index is -0.173. The summed E-state index contributed by atoms with van der Waals surface area (Å²) in [6, 6.07) is 0.